The molecule has 2 aromatic carbocycles. The van der Waals surface area contributed by atoms with Gasteiger partial charge in [0.25, 0.3) is 0 Å². The summed E-state index contributed by atoms with van der Waals surface area (Å²) in [5.74, 6) is 0.707. The molecule has 0 atom stereocenters. The van der Waals surface area contributed by atoms with E-state index in [0.29, 0.717) is 30.0 Å². The molecule has 0 aliphatic carbocycles. The van der Waals surface area contributed by atoms with Gasteiger partial charge in [-0.2, -0.15) is 0 Å². The first kappa shape index (κ1) is 18.6. The highest BCUT2D eigenvalue weighted by molar-refractivity contribution is 6.04. The molecule has 0 radical (unpaired) electrons. The van der Waals surface area contributed by atoms with Gasteiger partial charge in [0.2, 0.25) is 5.91 Å². The molecule has 0 unspecified atom stereocenters. The Bertz CT molecular complexity index is 1160. The van der Waals surface area contributed by atoms with Gasteiger partial charge in [-0.25, -0.2) is 9.37 Å². The molecule has 0 fully saturated rings. The van der Waals surface area contributed by atoms with E-state index in [-0.39, 0.29) is 11.7 Å². The summed E-state index contributed by atoms with van der Waals surface area (Å²) < 4.78 is 20.9. The maximum absolute atomic E-state index is 13.1. The predicted octanol–water partition coefficient (Wildman–Crippen LogP) is 4.47. The summed E-state index contributed by atoms with van der Waals surface area (Å²) in [4.78, 5) is 20.7. The normalized spacial score (nSPS) is 10.8. The quantitative estimate of drug-likeness (QED) is 0.527. The number of aromatic nitrogens is 3. The zero-order valence-corrected chi connectivity index (χ0v) is 15.8. The second kappa shape index (κ2) is 8.10. The predicted molar refractivity (Wildman–Crippen MR) is 108 cm³/mol. The van der Waals surface area contributed by atoms with E-state index in [1.807, 2.05) is 17.7 Å². The van der Waals surface area contributed by atoms with E-state index >= 15 is 0 Å². The lowest BCUT2D eigenvalue weighted by Gasteiger charge is -2.13. The van der Waals surface area contributed by atoms with E-state index in [2.05, 4.69) is 15.3 Å². The number of carbonyl (C=O) groups excluding carboxylic acids is 1. The highest BCUT2D eigenvalue weighted by Gasteiger charge is 2.11. The Hall–Kier alpha value is -3.74. The van der Waals surface area contributed by atoms with Gasteiger partial charge in [0.15, 0.2) is 0 Å². The minimum Gasteiger partial charge on any atom is -0.457 e. The van der Waals surface area contributed by atoms with Gasteiger partial charge in [-0.05, 0) is 48.9 Å². The van der Waals surface area contributed by atoms with Crippen molar-refractivity contribution in [2.45, 2.75) is 12.8 Å². The number of imidazole rings is 1. The van der Waals surface area contributed by atoms with Gasteiger partial charge in [0, 0.05) is 48.5 Å². The van der Waals surface area contributed by atoms with Gasteiger partial charge in [0.1, 0.15) is 17.3 Å². The summed E-state index contributed by atoms with van der Waals surface area (Å²) in [5.41, 5.74) is 1.66. The van der Waals surface area contributed by atoms with Crippen molar-refractivity contribution in [1.82, 2.24) is 14.5 Å². The number of anilines is 1. The number of hydrogen-bond acceptors (Lipinski definition) is 4. The molecule has 2 aromatic heterocycles. The molecular weight excluding hydrogens is 371 g/mol. The third kappa shape index (κ3) is 4.24. The van der Waals surface area contributed by atoms with E-state index in [4.69, 9.17) is 4.74 Å². The molecule has 0 saturated carbocycles. The minimum absolute atomic E-state index is 0.0939. The van der Waals surface area contributed by atoms with Crippen LogP contribution in [0.3, 0.4) is 0 Å². The van der Waals surface area contributed by atoms with Gasteiger partial charge in [-0.15, -0.1) is 0 Å². The highest BCUT2D eigenvalue weighted by atomic mass is 19.1. The molecular formula is C22H19FN4O2. The molecule has 7 heteroatoms. The van der Waals surface area contributed by atoms with Crippen LogP contribution in [0.4, 0.5) is 10.1 Å². The van der Waals surface area contributed by atoms with Gasteiger partial charge in [-0.3, -0.25) is 9.78 Å². The van der Waals surface area contributed by atoms with Crippen LogP contribution in [0.1, 0.15) is 12.1 Å². The molecule has 1 N–H and O–H groups in total. The summed E-state index contributed by atoms with van der Waals surface area (Å²) in [7, 11) is 1.90. The zero-order valence-electron chi connectivity index (χ0n) is 15.8. The van der Waals surface area contributed by atoms with Crippen molar-refractivity contribution in [2.75, 3.05) is 5.32 Å². The van der Waals surface area contributed by atoms with Crippen molar-refractivity contribution in [3.63, 3.8) is 0 Å². The number of nitrogens with one attached hydrogen (secondary N) is 1. The van der Waals surface area contributed by atoms with Crippen LogP contribution in [0.2, 0.25) is 0 Å². The van der Waals surface area contributed by atoms with Crippen LogP contribution in [0.15, 0.2) is 67.4 Å². The zero-order chi connectivity index (χ0) is 20.2. The fraction of sp³-hybridized carbons (Fsp3) is 0.136. The van der Waals surface area contributed by atoms with Gasteiger partial charge in [0.05, 0.1) is 12.0 Å². The Kier molecular flexibility index (Phi) is 5.20. The molecule has 0 spiro atoms. The SMILES string of the molecule is Cn1cncc1CCC(=O)Nc1ccc(Oc2ccc(F)cc2)c2ccncc12. The number of aryl methyl sites for hydroxylation is 2. The van der Waals surface area contributed by atoms with E-state index in [1.54, 1.807) is 49.2 Å². The number of benzene rings is 2. The summed E-state index contributed by atoms with van der Waals surface area (Å²) in [5, 5.41) is 4.52. The molecule has 1 amide bonds. The van der Waals surface area contributed by atoms with E-state index in [9.17, 15) is 9.18 Å². The van der Waals surface area contributed by atoms with Crippen molar-refractivity contribution in [3.8, 4) is 11.5 Å². The standard InChI is InChI=1S/C22H19FN4O2/c1-27-14-25-12-16(27)4-9-22(28)26-20-7-8-21(18-10-11-24-13-19(18)20)29-17-5-2-15(23)3-6-17/h2-3,5-8,10-14H,4,9H2,1H3,(H,26,28). The Balaban J connectivity index is 1.53. The average molecular weight is 390 g/mol. The van der Waals surface area contributed by atoms with Gasteiger partial charge < -0.3 is 14.6 Å². The topological polar surface area (TPSA) is 69.0 Å². The lowest BCUT2D eigenvalue weighted by molar-refractivity contribution is -0.116. The minimum atomic E-state index is -0.324. The molecule has 4 rings (SSSR count). The molecule has 0 aliphatic rings. The maximum Gasteiger partial charge on any atom is 0.224 e. The van der Waals surface area contributed by atoms with Crippen molar-refractivity contribution >= 4 is 22.4 Å². The first-order chi connectivity index (χ1) is 14.1. The van der Waals surface area contributed by atoms with Crippen LogP contribution in [0, 0.1) is 5.82 Å². The Morgan fingerprint density at radius 3 is 2.66 bits per heavy atom. The lowest BCUT2D eigenvalue weighted by Crippen LogP contribution is -2.13. The fourth-order valence-corrected chi connectivity index (χ4v) is 3.07. The summed E-state index contributed by atoms with van der Waals surface area (Å²) >= 11 is 0. The molecule has 0 bridgehead atoms. The number of halogens is 1. The lowest BCUT2D eigenvalue weighted by atomic mass is 10.1. The molecule has 29 heavy (non-hydrogen) atoms. The first-order valence-electron chi connectivity index (χ1n) is 9.15. The maximum atomic E-state index is 13.1. The molecule has 6 nitrogen and oxygen atoms in total. The second-order valence-corrected chi connectivity index (χ2v) is 6.63. The number of amides is 1. The number of hydrogen-bond donors (Lipinski definition) is 1. The van der Waals surface area contributed by atoms with Gasteiger partial charge >= 0.3 is 0 Å². The van der Waals surface area contributed by atoms with Gasteiger partial charge in [-0.1, -0.05) is 0 Å². The van der Waals surface area contributed by atoms with E-state index in [0.717, 1.165) is 16.5 Å². The largest absolute Gasteiger partial charge is 0.457 e. The summed E-state index contributed by atoms with van der Waals surface area (Å²) in [6, 6.07) is 11.2. The Labute approximate surface area is 167 Å². The van der Waals surface area contributed by atoms with Crippen LogP contribution >= 0.6 is 0 Å². The summed E-state index contributed by atoms with van der Waals surface area (Å²) in [6.45, 7) is 0. The van der Waals surface area contributed by atoms with Crippen LogP contribution in [0.5, 0.6) is 11.5 Å². The van der Waals surface area contributed by atoms with Crippen molar-refractivity contribution in [2.24, 2.45) is 7.05 Å². The molecule has 146 valence electrons. The van der Waals surface area contributed by atoms with E-state index < -0.39 is 0 Å². The van der Waals surface area contributed by atoms with Crippen molar-refractivity contribution in [3.05, 3.63) is 78.9 Å². The molecule has 0 saturated heterocycles. The number of rotatable bonds is 6. The molecule has 0 aliphatic heterocycles. The number of fused-ring (bicyclic) bond motifs is 1. The van der Waals surface area contributed by atoms with Crippen LogP contribution in [0.25, 0.3) is 10.8 Å². The Morgan fingerprint density at radius 2 is 1.90 bits per heavy atom. The van der Waals surface area contributed by atoms with Crippen molar-refractivity contribution in [1.29, 1.82) is 0 Å². The number of carbonyl (C=O) groups is 1. The van der Waals surface area contributed by atoms with Crippen LogP contribution in [-0.4, -0.2) is 20.4 Å². The average Bonchev–Trinajstić information content (AvgIpc) is 3.15. The smallest absolute Gasteiger partial charge is 0.224 e. The third-order valence-corrected chi connectivity index (χ3v) is 4.62. The van der Waals surface area contributed by atoms with Crippen LogP contribution in [-0.2, 0) is 18.3 Å². The van der Waals surface area contributed by atoms with Crippen molar-refractivity contribution < 1.29 is 13.9 Å². The highest BCUT2D eigenvalue weighted by Crippen LogP contribution is 2.34. The number of nitrogens with zero attached hydrogens (tertiary/aromatic N) is 3. The molecule has 2 heterocycles. The molecule has 4 aromatic rings. The number of pyridine rings is 1. The third-order valence-electron chi connectivity index (χ3n) is 4.62. The fourth-order valence-electron chi connectivity index (χ4n) is 3.07. The van der Waals surface area contributed by atoms with E-state index in [1.165, 1.54) is 12.1 Å². The number of ether oxygens (including phenoxy) is 1. The second-order valence-electron chi connectivity index (χ2n) is 6.63. The van der Waals surface area contributed by atoms with Crippen LogP contribution < -0.4 is 10.1 Å². The summed E-state index contributed by atoms with van der Waals surface area (Å²) in [6.07, 6.45) is 7.76. The monoisotopic (exact) mass is 390 g/mol. The Morgan fingerprint density at radius 1 is 1.07 bits per heavy atom. The first-order valence-corrected chi connectivity index (χ1v) is 9.15.